The summed E-state index contributed by atoms with van der Waals surface area (Å²) in [6, 6.07) is 12.2. The maximum Gasteiger partial charge on any atom is 0.252 e. The zero-order valence-corrected chi connectivity index (χ0v) is 19.5. The summed E-state index contributed by atoms with van der Waals surface area (Å²) in [5.41, 5.74) is 2.01. The number of aromatic amines is 1. The van der Waals surface area contributed by atoms with Gasteiger partial charge in [-0.15, -0.1) is 0 Å². The second kappa shape index (κ2) is 8.83. The van der Waals surface area contributed by atoms with Gasteiger partial charge in [-0.1, -0.05) is 30.9 Å². The number of ether oxygens (including phenoxy) is 2. The number of nitrogens with one attached hydrogen (secondary N) is 1. The van der Waals surface area contributed by atoms with E-state index in [0.717, 1.165) is 48.6 Å². The molecule has 1 aliphatic heterocycles. The molecule has 0 atom stereocenters. The Hall–Kier alpha value is -2.84. The number of pyridine rings is 1. The van der Waals surface area contributed by atoms with Gasteiger partial charge in [0.1, 0.15) is 13.2 Å². The predicted molar refractivity (Wildman–Crippen MR) is 126 cm³/mol. The van der Waals surface area contributed by atoms with Crippen LogP contribution in [-0.4, -0.2) is 37.0 Å². The quantitative estimate of drug-likeness (QED) is 0.608. The Kier molecular flexibility index (Phi) is 5.88. The summed E-state index contributed by atoms with van der Waals surface area (Å²) >= 11 is 0. The van der Waals surface area contributed by atoms with E-state index in [1.807, 2.05) is 31.2 Å². The molecule has 0 amide bonds. The van der Waals surface area contributed by atoms with Crippen LogP contribution in [0, 0.1) is 6.92 Å². The third-order valence-corrected chi connectivity index (χ3v) is 8.40. The monoisotopic (exact) mass is 468 g/mol. The lowest BCUT2D eigenvalue weighted by atomic mass is 9.95. The van der Waals surface area contributed by atoms with Gasteiger partial charge >= 0.3 is 0 Å². The Bertz CT molecular complexity index is 1340. The van der Waals surface area contributed by atoms with Crippen molar-refractivity contribution in [2.75, 3.05) is 13.2 Å². The zero-order valence-electron chi connectivity index (χ0n) is 18.7. The van der Waals surface area contributed by atoms with Gasteiger partial charge in [-0.2, -0.15) is 4.31 Å². The summed E-state index contributed by atoms with van der Waals surface area (Å²) in [6.07, 6.45) is 4.63. The number of nitrogens with zero attached hydrogens (tertiary/aromatic N) is 1. The first-order valence-corrected chi connectivity index (χ1v) is 12.9. The summed E-state index contributed by atoms with van der Waals surface area (Å²) in [4.78, 5) is 15.9. The number of hydrogen-bond acceptors (Lipinski definition) is 5. The number of rotatable bonds is 5. The fourth-order valence-corrected chi connectivity index (χ4v) is 6.43. The first kappa shape index (κ1) is 22.0. The highest BCUT2D eigenvalue weighted by atomic mass is 32.2. The first-order chi connectivity index (χ1) is 15.9. The van der Waals surface area contributed by atoms with E-state index in [0.29, 0.717) is 30.3 Å². The third-order valence-electron chi connectivity index (χ3n) is 6.51. The molecule has 1 saturated carbocycles. The molecule has 2 aliphatic rings. The van der Waals surface area contributed by atoms with Crippen molar-refractivity contribution in [3.8, 4) is 11.5 Å². The lowest BCUT2D eigenvalue weighted by Gasteiger charge is -2.33. The molecule has 2 heterocycles. The van der Waals surface area contributed by atoms with Crippen molar-refractivity contribution in [2.24, 2.45) is 0 Å². The average Bonchev–Trinajstić information content (AvgIpc) is 2.83. The summed E-state index contributed by atoms with van der Waals surface area (Å²) in [7, 11) is -3.87. The van der Waals surface area contributed by atoms with E-state index in [1.54, 1.807) is 12.1 Å². The third kappa shape index (κ3) is 4.37. The van der Waals surface area contributed by atoms with E-state index in [1.165, 1.54) is 10.4 Å². The number of H-pyrrole nitrogens is 1. The van der Waals surface area contributed by atoms with Crippen LogP contribution >= 0.6 is 0 Å². The Morgan fingerprint density at radius 3 is 2.52 bits per heavy atom. The average molecular weight is 469 g/mol. The fourth-order valence-electron chi connectivity index (χ4n) is 4.76. The molecule has 174 valence electrons. The van der Waals surface area contributed by atoms with Gasteiger partial charge in [-0.3, -0.25) is 4.79 Å². The van der Waals surface area contributed by atoms with Gasteiger partial charge < -0.3 is 14.5 Å². The van der Waals surface area contributed by atoms with Crippen molar-refractivity contribution in [1.82, 2.24) is 9.29 Å². The van der Waals surface area contributed by atoms with E-state index < -0.39 is 10.0 Å². The van der Waals surface area contributed by atoms with Crippen LogP contribution in [-0.2, 0) is 16.6 Å². The van der Waals surface area contributed by atoms with Crippen LogP contribution in [0.3, 0.4) is 0 Å². The predicted octanol–water partition coefficient (Wildman–Crippen LogP) is 4.13. The maximum absolute atomic E-state index is 13.9. The Morgan fingerprint density at radius 1 is 0.970 bits per heavy atom. The number of benzene rings is 2. The highest BCUT2D eigenvalue weighted by molar-refractivity contribution is 7.89. The minimum atomic E-state index is -3.87. The van der Waals surface area contributed by atoms with E-state index in [-0.39, 0.29) is 23.0 Å². The minimum absolute atomic E-state index is 0.0284. The normalized spacial score (nSPS) is 16.9. The van der Waals surface area contributed by atoms with Crippen molar-refractivity contribution >= 4 is 20.9 Å². The van der Waals surface area contributed by atoms with Crippen LogP contribution < -0.4 is 15.0 Å². The SMILES string of the molecule is Cc1ccc2[nH]c(=O)c(CN(C3CCCCC3)S(=O)(=O)c3ccc4c(c3)OCCO4)cc2c1. The van der Waals surface area contributed by atoms with Crippen LogP contribution in [0.2, 0.25) is 0 Å². The summed E-state index contributed by atoms with van der Waals surface area (Å²) in [6.45, 7) is 2.85. The van der Waals surface area contributed by atoms with Crippen molar-refractivity contribution in [1.29, 1.82) is 0 Å². The summed E-state index contributed by atoms with van der Waals surface area (Å²) < 4.78 is 40.4. The Balaban J connectivity index is 1.56. The van der Waals surface area contributed by atoms with Gasteiger partial charge in [-0.25, -0.2) is 8.42 Å². The van der Waals surface area contributed by atoms with E-state index in [9.17, 15) is 13.2 Å². The topological polar surface area (TPSA) is 88.7 Å². The molecule has 2 aromatic carbocycles. The fraction of sp³-hybridized carbons (Fsp3) is 0.400. The molecule has 0 radical (unpaired) electrons. The molecule has 5 rings (SSSR count). The van der Waals surface area contributed by atoms with Gasteiger partial charge in [0.2, 0.25) is 10.0 Å². The number of sulfonamides is 1. The molecule has 8 heteroatoms. The summed E-state index contributed by atoms with van der Waals surface area (Å²) in [5.74, 6) is 0.982. The summed E-state index contributed by atoms with van der Waals surface area (Å²) in [5, 5.41) is 0.893. The molecule has 7 nitrogen and oxygen atoms in total. The van der Waals surface area contributed by atoms with Crippen LogP contribution in [0.1, 0.15) is 43.2 Å². The van der Waals surface area contributed by atoms with E-state index in [2.05, 4.69) is 4.98 Å². The van der Waals surface area contributed by atoms with Gasteiger partial charge in [0.05, 0.1) is 4.90 Å². The maximum atomic E-state index is 13.9. The first-order valence-electron chi connectivity index (χ1n) is 11.5. The molecule has 0 unspecified atom stereocenters. The molecule has 0 spiro atoms. The molecule has 1 N–H and O–H groups in total. The van der Waals surface area contributed by atoms with Crippen LogP contribution in [0.5, 0.6) is 11.5 Å². The number of aryl methyl sites for hydroxylation is 1. The molecule has 33 heavy (non-hydrogen) atoms. The Labute approximate surface area is 193 Å². The second-order valence-corrected chi connectivity index (χ2v) is 10.8. The van der Waals surface area contributed by atoms with Crippen LogP contribution in [0.25, 0.3) is 10.9 Å². The molecule has 1 aromatic heterocycles. The standard InChI is InChI=1S/C25H28N2O5S/c1-17-7-9-22-18(13-17)14-19(25(28)26-22)16-27(20-5-3-2-4-6-20)33(29,30)21-8-10-23-24(15-21)32-12-11-31-23/h7-10,13-15,20H,2-6,11-12,16H2,1H3,(H,26,28). The molecule has 1 aliphatic carbocycles. The minimum Gasteiger partial charge on any atom is -0.486 e. The largest absolute Gasteiger partial charge is 0.486 e. The molecule has 0 bridgehead atoms. The highest BCUT2D eigenvalue weighted by Crippen LogP contribution is 2.35. The lowest BCUT2D eigenvalue weighted by molar-refractivity contribution is 0.171. The van der Waals surface area contributed by atoms with Crippen molar-refractivity contribution in [2.45, 2.75) is 56.5 Å². The lowest BCUT2D eigenvalue weighted by Crippen LogP contribution is -2.42. The van der Waals surface area contributed by atoms with Crippen molar-refractivity contribution < 1.29 is 17.9 Å². The smallest absolute Gasteiger partial charge is 0.252 e. The van der Waals surface area contributed by atoms with Crippen molar-refractivity contribution in [3.05, 3.63) is 63.9 Å². The van der Waals surface area contributed by atoms with Gasteiger partial charge in [-0.05, 0) is 55.5 Å². The Morgan fingerprint density at radius 2 is 1.73 bits per heavy atom. The van der Waals surface area contributed by atoms with Crippen LogP contribution in [0.15, 0.2) is 52.2 Å². The molecular weight excluding hydrogens is 440 g/mol. The number of aromatic nitrogens is 1. The van der Waals surface area contributed by atoms with E-state index >= 15 is 0 Å². The van der Waals surface area contributed by atoms with Gasteiger partial charge in [0, 0.05) is 29.7 Å². The molecule has 1 fully saturated rings. The highest BCUT2D eigenvalue weighted by Gasteiger charge is 2.34. The van der Waals surface area contributed by atoms with Crippen molar-refractivity contribution in [3.63, 3.8) is 0 Å². The molecule has 3 aromatic rings. The zero-order chi connectivity index (χ0) is 23.0. The molecular formula is C25H28N2O5S. The molecule has 0 saturated heterocycles. The van der Waals surface area contributed by atoms with E-state index in [4.69, 9.17) is 9.47 Å². The second-order valence-electron chi connectivity index (χ2n) is 8.86. The van der Waals surface area contributed by atoms with Gasteiger partial charge in [0.15, 0.2) is 11.5 Å². The number of fused-ring (bicyclic) bond motifs is 2. The number of hydrogen-bond donors (Lipinski definition) is 1. The van der Waals surface area contributed by atoms with Crippen LogP contribution in [0.4, 0.5) is 0 Å². The van der Waals surface area contributed by atoms with Gasteiger partial charge in [0.25, 0.3) is 5.56 Å².